The third-order valence-electron chi connectivity index (χ3n) is 1.90. The average molecular weight is 332 g/mol. The van der Waals surface area contributed by atoms with E-state index in [4.69, 9.17) is 17.2 Å². The van der Waals surface area contributed by atoms with E-state index in [1.807, 2.05) is 0 Å². The average Bonchev–Trinajstić information content (AvgIpc) is 2.31. The number of esters is 1. The molecule has 0 aliphatic carbocycles. The van der Waals surface area contributed by atoms with Crippen LogP contribution in [0.1, 0.15) is 10.4 Å². The summed E-state index contributed by atoms with van der Waals surface area (Å²) in [5, 5.41) is 0. The van der Waals surface area contributed by atoms with E-state index in [0.29, 0.717) is 4.47 Å². The van der Waals surface area contributed by atoms with E-state index in [1.54, 1.807) is 0 Å². The Hall–Kier alpha value is -2.16. The molecule has 9 heteroatoms. The van der Waals surface area contributed by atoms with Crippen molar-refractivity contribution in [3.63, 3.8) is 0 Å². The Morgan fingerprint density at radius 2 is 2.00 bits per heavy atom. The lowest BCUT2D eigenvalue weighted by Gasteiger charge is -2.05. The normalized spacial score (nSPS) is 11.0. The Bertz CT molecular complexity index is 569. The van der Waals surface area contributed by atoms with E-state index >= 15 is 0 Å². The number of aliphatic imine (C=N–C) groups is 2. The van der Waals surface area contributed by atoms with Crippen molar-refractivity contribution < 1.29 is 13.9 Å². The zero-order valence-corrected chi connectivity index (χ0v) is 11.4. The molecule has 0 aliphatic heterocycles. The smallest absolute Gasteiger partial charge is 0.340 e. The Morgan fingerprint density at radius 1 is 1.37 bits per heavy atom. The molecule has 102 valence electrons. The molecule has 0 unspecified atom stereocenters. The molecule has 0 fully saturated rings. The molecule has 7 nitrogen and oxygen atoms in total. The van der Waals surface area contributed by atoms with Gasteiger partial charge in [-0.25, -0.2) is 14.2 Å². The number of halogens is 2. The fourth-order valence-electron chi connectivity index (χ4n) is 1.20. The van der Waals surface area contributed by atoms with Crippen LogP contribution in [0, 0.1) is 5.82 Å². The van der Waals surface area contributed by atoms with E-state index in [0.717, 1.165) is 7.11 Å². The highest BCUT2D eigenvalue weighted by molar-refractivity contribution is 9.10. The number of rotatable bonds is 2. The Morgan fingerprint density at radius 3 is 2.53 bits per heavy atom. The molecule has 0 amide bonds. The third-order valence-corrected chi connectivity index (χ3v) is 2.36. The van der Waals surface area contributed by atoms with Gasteiger partial charge in [0.15, 0.2) is 11.8 Å². The summed E-state index contributed by atoms with van der Waals surface area (Å²) in [4.78, 5) is 18.5. The number of guanidine groups is 2. The second-order valence-electron chi connectivity index (χ2n) is 3.28. The van der Waals surface area contributed by atoms with Gasteiger partial charge in [-0.3, -0.25) is 0 Å². The van der Waals surface area contributed by atoms with Crippen LogP contribution in [0.4, 0.5) is 10.1 Å². The largest absolute Gasteiger partial charge is 0.465 e. The van der Waals surface area contributed by atoms with Crippen LogP contribution in [0.3, 0.4) is 0 Å². The number of ether oxygens (including phenoxy) is 1. The first-order valence-corrected chi connectivity index (χ1v) is 5.65. The maximum absolute atomic E-state index is 14.0. The SMILES string of the molecule is COC(=O)c1cc(Br)cc(N=C(N)N=C(N)N)c1F. The molecule has 0 aliphatic rings. The first kappa shape index (κ1) is 14.9. The van der Waals surface area contributed by atoms with Gasteiger partial charge in [0.2, 0.25) is 5.96 Å². The van der Waals surface area contributed by atoms with Crippen molar-refractivity contribution in [1.82, 2.24) is 0 Å². The Kier molecular flexibility index (Phi) is 4.81. The van der Waals surface area contributed by atoms with Crippen LogP contribution in [-0.4, -0.2) is 25.0 Å². The van der Waals surface area contributed by atoms with E-state index in [1.165, 1.54) is 12.1 Å². The summed E-state index contributed by atoms with van der Waals surface area (Å²) in [6.07, 6.45) is 0. The number of carbonyl (C=O) groups is 1. The van der Waals surface area contributed by atoms with Gasteiger partial charge in [0.05, 0.1) is 12.7 Å². The van der Waals surface area contributed by atoms with Crippen molar-refractivity contribution in [1.29, 1.82) is 0 Å². The van der Waals surface area contributed by atoms with Gasteiger partial charge in [-0.05, 0) is 12.1 Å². The molecule has 0 aromatic heterocycles. The predicted molar refractivity (Wildman–Crippen MR) is 72.5 cm³/mol. The Balaban J connectivity index is 3.34. The number of carbonyl (C=O) groups excluding carboxylic acids is 1. The van der Waals surface area contributed by atoms with Crippen LogP contribution >= 0.6 is 15.9 Å². The molecule has 1 aromatic rings. The summed E-state index contributed by atoms with van der Waals surface area (Å²) < 4.78 is 18.9. The van der Waals surface area contributed by atoms with E-state index in [9.17, 15) is 9.18 Å². The minimum absolute atomic E-state index is 0.197. The molecule has 0 saturated heterocycles. The second kappa shape index (κ2) is 6.14. The van der Waals surface area contributed by atoms with Gasteiger partial charge >= 0.3 is 5.97 Å². The summed E-state index contributed by atoms with van der Waals surface area (Å²) in [7, 11) is 1.14. The fraction of sp³-hybridized carbons (Fsp3) is 0.100. The van der Waals surface area contributed by atoms with Gasteiger partial charge in [-0.15, -0.1) is 0 Å². The van der Waals surface area contributed by atoms with Crippen molar-refractivity contribution in [2.45, 2.75) is 0 Å². The van der Waals surface area contributed by atoms with Crippen molar-refractivity contribution in [2.75, 3.05) is 7.11 Å². The lowest BCUT2D eigenvalue weighted by atomic mass is 10.2. The zero-order valence-electron chi connectivity index (χ0n) is 9.85. The third kappa shape index (κ3) is 3.91. The van der Waals surface area contributed by atoms with Crippen LogP contribution in [0.2, 0.25) is 0 Å². The number of nitrogens with two attached hydrogens (primary N) is 3. The molecule has 1 rings (SSSR count). The summed E-state index contributed by atoms with van der Waals surface area (Å²) >= 11 is 3.12. The summed E-state index contributed by atoms with van der Waals surface area (Å²) in [5.74, 6) is -2.38. The molecule has 0 bridgehead atoms. The highest BCUT2D eigenvalue weighted by Gasteiger charge is 2.17. The predicted octanol–water partition coefficient (Wildman–Crippen LogP) is 0.594. The molecule has 1 aromatic carbocycles. The van der Waals surface area contributed by atoms with E-state index < -0.39 is 11.8 Å². The molecule has 6 N–H and O–H groups in total. The first-order chi connectivity index (χ1) is 8.85. The summed E-state index contributed by atoms with van der Waals surface area (Å²) in [6, 6.07) is 2.58. The number of methoxy groups -OCH3 is 1. The van der Waals surface area contributed by atoms with Crippen LogP contribution in [0.5, 0.6) is 0 Å². The maximum atomic E-state index is 14.0. The second-order valence-corrected chi connectivity index (χ2v) is 4.20. The maximum Gasteiger partial charge on any atom is 0.340 e. The van der Waals surface area contributed by atoms with E-state index in [-0.39, 0.29) is 23.2 Å². The summed E-state index contributed by atoms with van der Waals surface area (Å²) in [6.45, 7) is 0. The van der Waals surface area contributed by atoms with Crippen LogP contribution in [-0.2, 0) is 4.74 Å². The van der Waals surface area contributed by atoms with Crippen molar-refractivity contribution >= 4 is 39.5 Å². The van der Waals surface area contributed by atoms with Gasteiger partial charge < -0.3 is 21.9 Å². The highest BCUT2D eigenvalue weighted by Crippen LogP contribution is 2.27. The van der Waals surface area contributed by atoms with Gasteiger partial charge in [-0.2, -0.15) is 4.99 Å². The minimum atomic E-state index is -0.885. The number of benzene rings is 1. The van der Waals surface area contributed by atoms with Gasteiger partial charge in [0.25, 0.3) is 0 Å². The zero-order chi connectivity index (χ0) is 14.6. The lowest BCUT2D eigenvalue weighted by molar-refractivity contribution is 0.0595. The Labute approximate surface area is 116 Å². The monoisotopic (exact) mass is 331 g/mol. The van der Waals surface area contributed by atoms with E-state index in [2.05, 4.69) is 30.7 Å². The van der Waals surface area contributed by atoms with Gasteiger partial charge in [0, 0.05) is 4.47 Å². The van der Waals surface area contributed by atoms with Crippen molar-refractivity contribution in [3.05, 3.63) is 28.0 Å². The molecular weight excluding hydrogens is 321 g/mol. The molecule has 0 saturated carbocycles. The molecule has 0 radical (unpaired) electrons. The van der Waals surface area contributed by atoms with Gasteiger partial charge in [0.1, 0.15) is 5.69 Å². The topological polar surface area (TPSA) is 129 Å². The van der Waals surface area contributed by atoms with Crippen LogP contribution in [0.25, 0.3) is 0 Å². The summed E-state index contributed by atoms with van der Waals surface area (Å²) in [5.41, 5.74) is 15.1. The van der Waals surface area contributed by atoms with Crippen molar-refractivity contribution in [3.8, 4) is 0 Å². The van der Waals surface area contributed by atoms with Crippen molar-refractivity contribution in [2.24, 2.45) is 27.2 Å². The number of hydrogen-bond donors (Lipinski definition) is 3. The number of nitrogens with zero attached hydrogens (tertiary/aromatic N) is 2. The molecular formula is C10H11BrFN5O2. The lowest BCUT2D eigenvalue weighted by Crippen LogP contribution is -2.26. The highest BCUT2D eigenvalue weighted by atomic mass is 79.9. The van der Waals surface area contributed by atoms with Crippen LogP contribution < -0.4 is 17.2 Å². The minimum Gasteiger partial charge on any atom is -0.465 e. The fourth-order valence-corrected chi connectivity index (χ4v) is 1.64. The number of hydrogen-bond acceptors (Lipinski definition) is 3. The quantitative estimate of drug-likeness (QED) is 0.415. The first-order valence-electron chi connectivity index (χ1n) is 4.86. The standard InChI is InChI=1S/C10H11BrFN5O2/c1-19-8(18)5-2-4(11)3-6(7(5)12)16-10(15)17-9(13)14/h2-3H,1H3,(H6,13,14,15,16,17). The molecule has 19 heavy (non-hydrogen) atoms. The molecule has 0 atom stereocenters. The molecule has 0 heterocycles. The molecule has 0 spiro atoms. The van der Waals surface area contributed by atoms with Gasteiger partial charge in [-0.1, -0.05) is 15.9 Å². The van der Waals surface area contributed by atoms with Crippen LogP contribution in [0.15, 0.2) is 26.6 Å².